The van der Waals surface area contributed by atoms with Gasteiger partial charge in [0, 0.05) is 37.9 Å². The molecule has 0 aliphatic carbocycles. The molecule has 2 aliphatic rings. The summed E-state index contributed by atoms with van der Waals surface area (Å²) >= 11 is 0. The van der Waals surface area contributed by atoms with Crippen molar-refractivity contribution < 1.29 is 29.3 Å². The number of carboxylic acids is 1. The van der Waals surface area contributed by atoms with Crippen LogP contribution in [0.5, 0.6) is 0 Å². The number of ether oxygens (including phenoxy) is 2. The average Bonchev–Trinajstić information content (AvgIpc) is 3.08. The first kappa shape index (κ1) is 34.8. The second-order valence-electron chi connectivity index (χ2n) is 12.9. The molecule has 0 aromatic heterocycles. The summed E-state index contributed by atoms with van der Waals surface area (Å²) < 4.78 is 13.3. The third-order valence-electron chi connectivity index (χ3n) is 9.31. The molecular formula is C39H50N2O6. The highest BCUT2D eigenvalue weighted by molar-refractivity contribution is 5.76. The Labute approximate surface area is 279 Å². The minimum Gasteiger partial charge on any atom is -0.481 e. The molecule has 0 spiro atoms. The Bertz CT molecular complexity index is 1400. The Balaban J connectivity index is 1.25. The number of aliphatic hydroxyl groups excluding tert-OH is 1. The second-order valence-corrected chi connectivity index (χ2v) is 12.9. The lowest BCUT2D eigenvalue weighted by Crippen LogP contribution is -2.40. The zero-order chi connectivity index (χ0) is 32.8. The number of nitrogens with zero attached hydrogens (tertiary/aromatic N) is 1. The van der Waals surface area contributed by atoms with E-state index in [0.29, 0.717) is 25.8 Å². The number of unbranched alkanes of at least 4 members (excludes halogenated alkanes) is 2. The van der Waals surface area contributed by atoms with Crippen molar-refractivity contribution in [1.82, 2.24) is 10.2 Å². The van der Waals surface area contributed by atoms with Crippen LogP contribution in [-0.2, 0) is 32.2 Å². The van der Waals surface area contributed by atoms with Gasteiger partial charge in [-0.25, -0.2) is 0 Å². The summed E-state index contributed by atoms with van der Waals surface area (Å²) in [5, 5.41) is 21.4. The molecule has 8 heteroatoms. The van der Waals surface area contributed by atoms with Crippen molar-refractivity contribution in [1.29, 1.82) is 0 Å². The number of nitrogens with one attached hydrogen (secondary N) is 1. The number of rotatable bonds is 14. The van der Waals surface area contributed by atoms with Crippen LogP contribution in [0.15, 0.2) is 72.8 Å². The number of hydrogen-bond donors (Lipinski definition) is 3. The van der Waals surface area contributed by atoms with E-state index in [1.165, 1.54) is 32.1 Å². The standard InChI is InChI=1S/C39H50N2O6/c42-28-29-15-17-31(18-16-29)36-25-34(27-41-23-9-2-1-3-10-24-41)46-39(47-36)32-21-19-30(20-22-32)35-12-8-7-11-33(35)26-40-37(43)13-5-4-6-14-38(44)45/h7-8,11-12,15-22,34,36,39,42H,1-6,9-10,13-14,23-28H2,(H,40,43)(H,44,45)/t34-,36+,39+/m0/s1. The molecule has 1 amide bonds. The summed E-state index contributed by atoms with van der Waals surface area (Å²) in [7, 11) is 0. The first-order chi connectivity index (χ1) is 23.0. The lowest BCUT2D eigenvalue weighted by molar-refractivity contribution is -0.253. The molecule has 3 atom stereocenters. The van der Waals surface area contributed by atoms with Crippen molar-refractivity contribution in [2.45, 2.75) is 102 Å². The fourth-order valence-corrected chi connectivity index (χ4v) is 6.61. The summed E-state index contributed by atoms with van der Waals surface area (Å²) in [6.45, 7) is 3.57. The normalized spacial score (nSPS) is 20.7. The fraction of sp³-hybridized carbons (Fsp3) is 0.487. The van der Waals surface area contributed by atoms with E-state index in [4.69, 9.17) is 14.6 Å². The van der Waals surface area contributed by atoms with E-state index in [2.05, 4.69) is 52.7 Å². The minimum absolute atomic E-state index is 0.0210. The number of likely N-dealkylation sites (tertiary alicyclic amines) is 1. The van der Waals surface area contributed by atoms with E-state index in [1.807, 2.05) is 30.3 Å². The summed E-state index contributed by atoms with van der Waals surface area (Å²) in [6.07, 6.45) is 9.16. The Morgan fingerprint density at radius 1 is 0.787 bits per heavy atom. The molecule has 5 rings (SSSR count). The van der Waals surface area contributed by atoms with E-state index in [0.717, 1.165) is 65.9 Å². The van der Waals surface area contributed by atoms with Crippen LogP contribution in [-0.4, -0.2) is 52.7 Å². The topological polar surface area (TPSA) is 108 Å². The first-order valence-corrected chi connectivity index (χ1v) is 17.4. The number of hydrogen-bond acceptors (Lipinski definition) is 6. The lowest BCUT2D eigenvalue weighted by atomic mass is 9.97. The molecule has 47 heavy (non-hydrogen) atoms. The molecule has 0 saturated carbocycles. The number of aliphatic hydroxyl groups is 1. The maximum atomic E-state index is 12.5. The van der Waals surface area contributed by atoms with Gasteiger partial charge in [0.15, 0.2) is 6.29 Å². The second kappa shape index (κ2) is 18.1. The highest BCUT2D eigenvalue weighted by Crippen LogP contribution is 2.39. The molecule has 0 unspecified atom stereocenters. The summed E-state index contributed by atoms with van der Waals surface area (Å²) in [6, 6.07) is 24.5. The number of benzene rings is 3. The van der Waals surface area contributed by atoms with Gasteiger partial charge in [0.1, 0.15) is 0 Å². The van der Waals surface area contributed by atoms with E-state index in [-0.39, 0.29) is 31.1 Å². The van der Waals surface area contributed by atoms with Crippen molar-refractivity contribution in [3.63, 3.8) is 0 Å². The van der Waals surface area contributed by atoms with E-state index in [1.54, 1.807) is 0 Å². The van der Waals surface area contributed by atoms with E-state index in [9.17, 15) is 14.7 Å². The summed E-state index contributed by atoms with van der Waals surface area (Å²) in [5.74, 6) is -0.821. The van der Waals surface area contributed by atoms with Crippen molar-refractivity contribution >= 4 is 11.9 Å². The Kier molecular flexibility index (Phi) is 13.4. The largest absolute Gasteiger partial charge is 0.481 e. The van der Waals surface area contributed by atoms with Gasteiger partial charge >= 0.3 is 5.97 Å². The van der Waals surface area contributed by atoms with Gasteiger partial charge in [0.05, 0.1) is 18.8 Å². The molecule has 2 fully saturated rings. The van der Waals surface area contributed by atoms with Gasteiger partial charge in [-0.1, -0.05) is 98.5 Å². The molecule has 3 aromatic rings. The molecule has 2 aliphatic heterocycles. The van der Waals surface area contributed by atoms with Crippen molar-refractivity contribution in [3.8, 4) is 11.1 Å². The zero-order valence-electron chi connectivity index (χ0n) is 27.4. The Morgan fingerprint density at radius 3 is 2.19 bits per heavy atom. The molecule has 0 bridgehead atoms. The van der Waals surface area contributed by atoms with E-state index < -0.39 is 12.3 Å². The van der Waals surface area contributed by atoms with E-state index >= 15 is 0 Å². The van der Waals surface area contributed by atoms with Crippen LogP contribution in [0.4, 0.5) is 0 Å². The van der Waals surface area contributed by atoms with Gasteiger partial charge in [-0.15, -0.1) is 0 Å². The molecular weight excluding hydrogens is 592 g/mol. The molecule has 252 valence electrons. The number of amides is 1. The summed E-state index contributed by atoms with van der Waals surface area (Å²) in [5.41, 5.74) is 6.10. The molecule has 2 saturated heterocycles. The minimum atomic E-state index is -0.796. The smallest absolute Gasteiger partial charge is 0.303 e. The zero-order valence-corrected chi connectivity index (χ0v) is 27.4. The van der Waals surface area contributed by atoms with Crippen LogP contribution in [0, 0.1) is 0 Å². The van der Waals surface area contributed by atoms with Crippen LogP contribution in [0.25, 0.3) is 11.1 Å². The maximum absolute atomic E-state index is 12.5. The van der Waals surface area contributed by atoms with Crippen molar-refractivity contribution in [2.24, 2.45) is 0 Å². The first-order valence-electron chi connectivity index (χ1n) is 17.4. The fourth-order valence-electron chi connectivity index (χ4n) is 6.61. The SMILES string of the molecule is O=C(O)CCCCCC(=O)NCc1ccccc1-c1ccc([C@@H]2O[C@H](CN3CCCCCCC3)C[C@H](c3ccc(CO)cc3)O2)cc1. The monoisotopic (exact) mass is 642 g/mol. The molecule has 3 N–H and O–H groups in total. The predicted octanol–water partition coefficient (Wildman–Crippen LogP) is 7.31. The van der Waals surface area contributed by atoms with Crippen LogP contribution < -0.4 is 5.32 Å². The molecule has 8 nitrogen and oxygen atoms in total. The van der Waals surface area contributed by atoms with Crippen LogP contribution in [0.1, 0.15) is 105 Å². The van der Waals surface area contributed by atoms with Crippen LogP contribution >= 0.6 is 0 Å². The van der Waals surface area contributed by atoms with Gasteiger partial charge in [0.2, 0.25) is 5.91 Å². The van der Waals surface area contributed by atoms with Gasteiger partial charge in [-0.05, 0) is 66.6 Å². The molecule has 0 radical (unpaired) electrons. The van der Waals surface area contributed by atoms with Gasteiger partial charge in [-0.2, -0.15) is 0 Å². The van der Waals surface area contributed by atoms with Crippen molar-refractivity contribution in [2.75, 3.05) is 19.6 Å². The number of aliphatic carboxylic acids is 1. The van der Waals surface area contributed by atoms with Crippen LogP contribution in [0.2, 0.25) is 0 Å². The quantitative estimate of drug-likeness (QED) is 0.158. The number of carbonyl (C=O) groups is 2. The highest BCUT2D eigenvalue weighted by Gasteiger charge is 2.33. The highest BCUT2D eigenvalue weighted by atomic mass is 16.7. The van der Waals surface area contributed by atoms with Gasteiger partial charge < -0.3 is 29.9 Å². The molecule has 2 heterocycles. The Hall–Kier alpha value is -3.56. The van der Waals surface area contributed by atoms with Crippen molar-refractivity contribution in [3.05, 3.63) is 95.1 Å². The predicted molar refractivity (Wildman–Crippen MR) is 182 cm³/mol. The third kappa shape index (κ3) is 10.7. The van der Waals surface area contributed by atoms with Crippen LogP contribution in [0.3, 0.4) is 0 Å². The average molecular weight is 643 g/mol. The third-order valence-corrected chi connectivity index (χ3v) is 9.31. The number of carbonyl (C=O) groups excluding carboxylic acids is 1. The lowest BCUT2D eigenvalue weighted by Gasteiger charge is -2.39. The van der Waals surface area contributed by atoms with Gasteiger partial charge in [-0.3, -0.25) is 9.59 Å². The summed E-state index contributed by atoms with van der Waals surface area (Å²) in [4.78, 5) is 25.7. The molecule has 3 aromatic carbocycles. The maximum Gasteiger partial charge on any atom is 0.303 e. The Morgan fingerprint density at radius 2 is 1.47 bits per heavy atom. The number of carboxylic acid groups (broad SMARTS) is 1. The van der Waals surface area contributed by atoms with Gasteiger partial charge in [0.25, 0.3) is 0 Å².